The van der Waals surface area contributed by atoms with Crippen molar-refractivity contribution in [1.82, 2.24) is 0 Å². The van der Waals surface area contributed by atoms with Gasteiger partial charge in [0.1, 0.15) is 6.07 Å². The molecule has 21 heavy (non-hydrogen) atoms. The summed E-state index contributed by atoms with van der Waals surface area (Å²) in [6.45, 7) is 1.91. The Labute approximate surface area is 136 Å². The molecule has 0 saturated carbocycles. The Morgan fingerprint density at radius 3 is 2.52 bits per heavy atom. The summed E-state index contributed by atoms with van der Waals surface area (Å²) < 4.78 is 27.8. The number of hydrogen-bond donors (Lipinski definition) is 1. The van der Waals surface area contributed by atoms with E-state index in [1.54, 1.807) is 12.1 Å². The highest BCUT2D eigenvalue weighted by Gasteiger charge is 2.17. The lowest BCUT2D eigenvalue weighted by Gasteiger charge is -2.11. The van der Waals surface area contributed by atoms with Crippen molar-refractivity contribution in [3.8, 4) is 6.07 Å². The summed E-state index contributed by atoms with van der Waals surface area (Å²) in [5, 5.41) is 8.90. The van der Waals surface area contributed by atoms with Gasteiger partial charge < -0.3 is 0 Å². The molecule has 0 aliphatic carbocycles. The highest BCUT2D eigenvalue weighted by Crippen LogP contribution is 2.27. The van der Waals surface area contributed by atoms with Crippen molar-refractivity contribution in [2.24, 2.45) is 0 Å². The second-order valence-electron chi connectivity index (χ2n) is 4.34. The minimum absolute atomic E-state index is 0.000949. The van der Waals surface area contributed by atoms with Gasteiger partial charge >= 0.3 is 0 Å². The molecule has 0 aliphatic heterocycles. The molecule has 0 spiro atoms. The van der Waals surface area contributed by atoms with Crippen molar-refractivity contribution in [2.45, 2.75) is 11.8 Å². The lowest BCUT2D eigenvalue weighted by atomic mass is 10.2. The van der Waals surface area contributed by atoms with Crippen LogP contribution in [0.15, 0.2) is 45.8 Å². The summed E-state index contributed by atoms with van der Waals surface area (Å²) >= 11 is 9.18. The van der Waals surface area contributed by atoms with Gasteiger partial charge in [-0.2, -0.15) is 5.26 Å². The molecule has 0 atom stereocenters. The van der Waals surface area contributed by atoms with E-state index in [1.807, 2.05) is 19.1 Å². The third-order valence-electron chi connectivity index (χ3n) is 2.74. The van der Waals surface area contributed by atoms with Crippen molar-refractivity contribution in [3.05, 3.63) is 57.0 Å². The smallest absolute Gasteiger partial charge is 0.261 e. The third kappa shape index (κ3) is 3.56. The SMILES string of the molecule is Cc1ccc(NS(=O)(=O)c2ccc(C#N)c(Cl)c2)c(Br)c1. The van der Waals surface area contributed by atoms with E-state index < -0.39 is 10.0 Å². The Bertz CT molecular complexity index is 845. The van der Waals surface area contributed by atoms with E-state index in [9.17, 15) is 8.42 Å². The second kappa shape index (κ2) is 6.06. The van der Waals surface area contributed by atoms with Crippen LogP contribution in [-0.2, 0) is 10.0 Å². The number of halogens is 2. The fourth-order valence-electron chi connectivity index (χ4n) is 1.66. The van der Waals surface area contributed by atoms with Crippen molar-refractivity contribution in [1.29, 1.82) is 5.26 Å². The van der Waals surface area contributed by atoms with Crippen molar-refractivity contribution in [2.75, 3.05) is 4.72 Å². The minimum Gasteiger partial charge on any atom is -0.278 e. The normalized spacial score (nSPS) is 11.0. The molecule has 0 radical (unpaired) electrons. The van der Waals surface area contributed by atoms with E-state index in [0.29, 0.717) is 10.2 Å². The average molecular weight is 386 g/mol. The van der Waals surface area contributed by atoms with Gasteiger partial charge in [-0.25, -0.2) is 8.42 Å². The van der Waals surface area contributed by atoms with Crippen LogP contribution >= 0.6 is 27.5 Å². The lowest BCUT2D eigenvalue weighted by molar-refractivity contribution is 0.601. The molecule has 0 heterocycles. The summed E-state index contributed by atoms with van der Waals surface area (Å²) in [5.41, 5.74) is 1.67. The van der Waals surface area contributed by atoms with Crippen molar-refractivity contribution in [3.63, 3.8) is 0 Å². The first kappa shape index (κ1) is 15.8. The zero-order chi connectivity index (χ0) is 15.6. The maximum Gasteiger partial charge on any atom is 0.261 e. The molecule has 7 heteroatoms. The van der Waals surface area contributed by atoms with E-state index >= 15 is 0 Å². The highest BCUT2D eigenvalue weighted by molar-refractivity contribution is 9.10. The number of nitrogens with one attached hydrogen (secondary N) is 1. The van der Waals surface area contributed by atoms with Crippen LogP contribution in [0.3, 0.4) is 0 Å². The van der Waals surface area contributed by atoms with Gasteiger partial charge in [0, 0.05) is 4.47 Å². The van der Waals surface area contributed by atoms with E-state index in [4.69, 9.17) is 16.9 Å². The van der Waals surface area contributed by atoms with E-state index in [1.165, 1.54) is 18.2 Å². The molecule has 0 fully saturated rings. The Morgan fingerprint density at radius 2 is 1.95 bits per heavy atom. The van der Waals surface area contributed by atoms with Gasteiger partial charge in [0.2, 0.25) is 0 Å². The molecule has 0 saturated heterocycles. The first-order chi connectivity index (χ1) is 9.83. The summed E-state index contributed by atoms with van der Waals surface area (Å²) in [6, 6.07) is 11.1. The molecule has 0 unspecified atom stereocenters. The number of hydrogen-bond acceptors (Lipinski definition) is 3. The van der Waals surface area contributed by atoms with Gasteiger partial charge in [-0.3, -0.25) is 4.72 Å². The van der Waals surface area contributed by atoms with Crippen molar-refractivity contribution >= 4 is 43.2 Å². The van der Waals surface area contributed by atoms with Gasteiger partial charge in [0.25, 0.3) is 10.0 Å². The van der Waals surface area contributed by atoms with Crippen LogP contribution in [-0.4, -0.2) is 8.42 Å². The Hall–Kier alpha value is -1.55. The Kier molecular flexibility index (Phi) is 4.57. The van der Waals surface area contributed by atoms with Crippen LogP contribution in [0.5, 0.6) is 0 Å². The molecule has 2 rings (SSSR count). The number of benzene rings is 2. The maximum absolute atomic E-state index is 12.3. The summed E-state index contributed by atoms with van der Waals surface area (Å²) in [5.74, 6) is 0. The van der Waals surface area contributed by atoms with Gasteiger partial charge in [-0.05, 0) is 58.7 Å². The Morgan fingerprint density at radius 1 is 1.24 bits per heavy atom. The summed E-state index contributed by atoms with van der Waals surface area (Å²) in [4.78, 5) is -0.000949. The number of sulfonamides is 1. The predicted octanol–water partition coefficient (Wildman–Crippen LogP) is 4.08. The standard InChI is InChI=1S/C14H10BrClN2O2S/c1-9-2-5-14(12(15)6-9)18-21(19,20)11-4-3-10(8-17)13(16)7-11/h2-7,18H,1H3. The average Bonchev–Trinajstić information content (AvgIpc) is 2.42. The van der Waals surface area contributed by atoms with Gasteiger partial charge in [0.05, 0.1) is 21.2 Å². The number of nitrogens with zero attached hydrogens (tertiary/aromatic N) is 1. The highest BCUT2D eigenvalue weighted by atomic mass is 79.9. The van der Waals surface area contributed by atoms with Crippen molar-refractivity contribution < 1.29 is 8.42 Å². The van der Waals surface area contributed by atoms with Crippen LogP contribution in [0, 0.1) is 18.3 Å². The number of aryl methyl sites for hydroxylation is 1. The van der Waals surface area contributed by atoms with Crippen LogP contribution in [0.2, 0.25) is 5.02 Å². The van der Waals surface area contributed by atoms with E-state index in [0.717, 1.165) is 5.56 Å². The lowest BCUT2D eigenvalue weighted by Crippen LogP contribution is -2.13. The molecule has 0 aromatic heterocycles. The number of rotatable bonds is 3. The molecular weight excluding hydrogens is 376 g/mol. The molecule has 2 aromatic carbocycles. The quantitative estimate of drug-likeness (QED) is 0.865. The molecule has 4 nitrogen and oxygen atoms in total. The summed E-state index contributed by atoms with van der Waals surface area (Å²) in [6.07, 6.45) is 0. The first-order valence-corrected chi connectivity index (χ1v) is 8.47. The largest absolute Gasteiger partial charge is 0.278 e. The predicted molar refractivity (Wildman–Crippen MR) is 85.9 cm³/mol. The zero-order valence-electron chi connectivity index (χ0n) is 10.9. The molecule has 0 aliphatic rings. The number of anilines is 1. The first-order valence-electron chi connectivity index (χ1n) is 5.82. The van der Waals surface area contributed by atoms with E-state index in [-0.39, 0.29) is 15.5 Å². The van der Waals surface area contributed by atoms with E-state index in [2.05, 4.69) is 20.7 Å². The molecule has 2 aromatic rings. The summed E-state index contributed by atoms with van der Waals surface area (Å²) in [7, 11) is -3.77. The van der Waals surface area contributed by atoms with Crippen LogP contribution in [0.4, 0.5) is 5.69 Å². The van der Waals surface area contributed by atoms with Crippen LogP contribution in [0.25, 0.3) is 0 Å². The van der Waals surface area contributed by atoms with Crippen LogP contribution in [0.1, 0.15) is 11.1 Å². The Balaban J connectivity index is 2.39. The molecule has 108 valence electrons. The fraction of sp³-hybridized carbons (Fsp3) is 0.0714. The van der Waals surface area contributed by atoms with Gasteiger partial charge in [-0.15, -0.1) is 0 Å². The zero-order valence-corrected chi connectivity index (χ0v) is 14.1. The number of nitriles is 1. The maximum atomic E-state index is 12.3. The molecule has 0 amide bonds. The minimum atomic E-state index is -3.77. The molecular formula is C14H10BrClN2O2S. The topological polar surface area (TPSA) is 70.0 Å². The monoisotopic (exact) mass is 384 g/mol. The van der Waals surface area contributed by atoms with Gasteiger partial charge in [0.15, 0.2) is 0 Å². The fourth-order valence-corrected chi connectivity index (χ4v) is 3.78. The van der Waals surface area contributed by atoms with Crippen LogP contribution < -0.4 is 4.72 Å². The second-order valence-corrected chi connectivity index (χ2v) is 7.29. The van der Waals surface area contributed by atoms with Gasteiger partial charge in [-0.1, -0.05) is 17.7 Å². The molecule has 0 bridgehead atoms. The third-order valence-corrected chi connectivity index (χ3v) is 5.07. The molecule has 1 N–H and O–H groups in total.